The fourth-order valence-corrected chi connectivity index (χ4v) is 3.16. The van der Waals surface area contributed by atoms with Crippen molar-refractivity contribution in [1.29, 1.82) is 0 Å². The van der Waals surface area contributed by atoms with E-state index < -0.39 is 12.6 Å². The SMILES string of the molecule is C=C/C(=C\N(C)C)c1cccc(-c2ccc(-c3cn[nH]c3)c(CCC(F)(F)F)n2)c1.[HH]. The Bertz CT molecular complexity index is 1040. The van der Waals surface area contributed by atoms with E-state index in [4.69, 9.17) is 0 Å². The van der Waals surface area contributed by atoms with Crippen LogP contribution in [0.5, 0.6) is 0 Å². The number of benzene rings is 1. The van der Waals surface area contributed by atoms with E-state index in [9.17, 15) is 13.2 Å². The Labute approximate surface area is 175 Å². The van der Waals surface area contributed by atoms with Crippen LogP contribution in [0.15, 0.2) is 67.6 Å². The Morgan fingerprint density at radius 1 is 1.20 bits per heavy atom. The smallest absolute Gasteiger partial charge is 0.383 e. The molecule has 0 saturated heterocycles. The van der Waals surface area contributed by atoms with Gasteiger partial charge in [0.15, 0.2) is 0 Å². The van der Waals surface area contributed by atoms with Gasteiger partial charge in [-0.25, -0.2) is 0 Å². The number of nitrogens with zero attached hydrogens (tertiary/aromatic N) is 3. The minimum Gasteiger partial charge on any atom is -0.383 e. The molecule has 0 bridgehead atoms. The van der Waals surface area contributed by atoms with Crippen molar-refractivity contribution in [2.75, 3.05) is 14.1 Å². The third-order valence-corrected chi connectivity index (χ3v) is 4.54. The number of alkyl halides is 3. The number of H-pyrrole nitrogens is 1. The minimum atomic E-state index is -4.25. The summed E-state index contributed by atoms with van der Waals surface area (Å²) in [6.07, 6.45) is 1.57. The van der Waals surface area contributed by atoms with Crippen molar-refractivity contribution in [2.45, 2.75) is 19.0 Å². The van der Waals surface area contributed by atoms with E-state index in [1.165, 1.54) is 0 Å². The minimum absolute atomic E-state index is 0. The van der Waals surface area contributed by atoms with Crippen LogP contribution in [0.4, 0.5) is 13.2 Å². The summed E-state index contributed by atoms with van der Waals surface area (Å²) in [5.41, 5.74) is 5.09. The maximum absolute atomic E-state index is 12.9. The number of halogens is 3. The second kappa shape index (κ2) is 8.98. The highest BCUT2D eigenvalue weighted by Gasteiger charge is 2.27. The molecule has 7 heteroatoms. The molecule has 3 aromatic rings. The van der Waals surface area contributed by atoms with E-state index in [1.807, 2.05) is 55.5 Å². The zero-order valence-corrected chi connectivity index (χ0v) is 16.9. The van der Waals surface area contributed by atoms with Crippen LogP contribution in [-0.4, -0.2) is 40.4 Å². The molecule has 0 amide bonds. The summed E-state index contributed by atoms with van der Waals surface area (Å²) < 4.78 is 38.6. The Morgan fingerprint density at radius 2 is 2.00 bits per heavy atom. The summed E-state index contributed by atoms with van der Waals surface area (Å²) in [5.74, 6) is 0. The van der Waals surface area contributed by atoms with Gasteiger partial charge < -0.3 is 4.90 Å². The van der Waals surface area contributed by atoms with Crippen molar-refractivity contribution >= 4 is 5.57 Å². The van der Waals surface area contributed by atoms with Crippen molar-refractivity contribution in [3.05, 3.63) is 78.9 Å². The van der Waals surface area contributed by atoms with Gasteiger partial charge in [-0.3, -0.25) is 10.1 Å². The molecule has 0 aliphatic carbocycles. The number of rotatable bonds is 7. The number of aromatic nitrogens is 3. The number of aromatic amines is 1. The molecule has 0 fully saturated rings. The first-order valence-electron chi connectivity index (χ1n) is 9.44. The molecule has 4 nitrogen and oxygen atoms in total. The second-order valence-corrected chi connectivity index (χ2v) is 7.13. The van der Waals surface area contributed by atoms with Crippen molar-refractivity contribution in [2.24, 2.45) is 0 Å². The summed E-state index contributed by atoms with van der Waals surface area (Å²) in [6, 6.07) is 11.3. The van der Waals surface area contributed by atoms with Crippen LogP contribution < -0.4 is 0 Å². The summed E-state index contributed by atoms with van der Waals surface area (Å²) in [4.78, 5) is 6.52. The number of hydrogen-bond acceptors (Lipinski definition) is 3. The van der Waals surface area contributed by atoms with Crippen LogP contribution in [0.1, 0.15) is 19.1 Å². The first-order chi connectivity index (χ1) is 14.3. The Kier molecular flexibility index (Phi) is 6.40. The lowest BCUT2D eigenvalue weighted by atomic mass is 9.99. The standard InChI is InChI=1S/C23H23F3N4.H2/c1-4-16(15-30(2)3)17-6-5-7-18(12-17)21-9-8-20(19-13-27-28-14-19)22(29-21)10-11-23(24,25)26;/h4-9,12-15H,1,10-11H2,2-3H3,(H,27,28);1H/b16-15+;. The van der Waals surface area contributed by atoms with Gasteiger partial charge in [-0.2, -0.15) is 18.3 Å². The molecule has 0 unspecified atom stereocenters. The molecule has 2 heterocycles. The lowest BCUT2D eigenvalue weighted by Gasteiger charge is -2.13. The van der Waals surface area contributed by atoms with Crippen molar-refractivity contribution < 1.29 is 14.6 Å². The predicted octanol–water partition coefficient (Wildman–Crippen LogP) is 5.97. The molecule has 3 rings (SSSR count). The van der Waals surface area contributed by atoms with E-state index >= 15 is 0 Å². The second-order valence-electron chi connectivity index (χ2n) is 7.13. The van der Waals surface area contributed by atoms with E-state index in [0.717, 1.165) is 16.7 Å². The average Bonchev–Trinajstić information content (AvgIpc) is 3.24. The summed E-state index contributed by atoms with van der Waals surface area (Å²) in [6.45, 7) is 3.87. The zero-order valence-electron chi connectivity index (χ0n) is 16.9. The molecule has 2 aromatic heterocycles. The van der Waals surface area contributed by atoms with Crippen molar-refractivity contribution in [3.8, 4) is 22.4 Å². The van der Waals surface area contributed by atoms with Crippen LogP contribution in [0.2, 0.25) is 0 Å². The van der Waals surface area contributed by atoms with Crippen LogP contribution in [0.25, 0.3) is 28.0 Å². The average molecular weight is 414 g/mol. The van der Waals surface area contributed by atoms with Gasteiger partial charge in [0.25, 0.3) is 0 Å². The number of nitrogens with one attached hydrogen (secondary N) is 1. The molecule has 1 N–H and O–H groups in total. The zero-order chi connectivity index (χ0) is 21.7. The quantitative estimate of drug-likeness (QED) is 0.485. The van der Waals surface area contributed by atoms with Crippen LogP contribution in [0, 0.1) is 0 Å². The topological polar surface area (TPSA) is 44.8 Å². The van der Waals surface area contributed by atoms with E-state index in [0.29, 0.717) is 22.5 Å². The molecule has 0 aliphatic rings. The highest BCUT2D eigenvalue weighted by atomic mass is 19.4. The first kappa shape index (κ1) is 21.4. The molecule has 30 heavy (non-hydrogen) atoms. The van der Waals surface area contributed by atoms with Gasteiger partial charge in [0.2, 0.25) is 0 Å². The lowest BCUT2D eigenvalue weighted by Crippen LogP contribution is -2.10. The lowest BCUT2D eigenvalue weighted by molar-refractivity contribution is -0.134. The van der Waals surface area contributed by atoms with Gasteiger partial charge in [-0.15, -0.1) is 0 Å². The molecule has 0 aliphatic heterocycles. The molecular weight excluding hydrogens is 389 g/mol. The van der Waals surface area contributed by atoms with Crippen LogP contribution in [0.3, 0.4) is 0 Å². The number of aryl methyl sites for hydroxylation is 1. The maximum Gasteiger partial charge on any atom is 0.389 e. The molecule has 1 aromatic carbocycles. The normalized spacial score (nSPS) is 12.1. The van der Waals surface area contributed by atoms with Crippen molar-refractivity contribution in [1.82, 2.24) is 20.1 Å². The Hall–Kier alpha value is -3.35. The van der Waals surface area contributed by atoms with Gasteiger partial charge in [0.1, 0.15) is 0 Å². The number of hydrogen-bond donors (Lipinski definition) is 1. The molecule has 0 atom stereocenters. The fraction of sp³-hybridized carbons (Fsp3) is 0.217. The first-order valence-corrected chi connectivity index (χ1v) is 9.44. The molecule has 0 radical (unpaired) electrons. The van der Waals surface area contributed by atoms with E-state index in [1.54, 1.807) is 24.5 Å². The fourth-order valence-electron chi connectivity index (χ4n) is 3.16. The Morgan fingerprint density at radius 3 is 2.63 bits per heavy atom. The largest absolute Gasteiger partial charge is 0.389 e. The van der Waals surface area contributed by atoms with Gasteiger partial charge in [-0.1, -0.05) is 36.9 Å². The van der Waals surface area contributed by atoms with E-state index in [-0.39, 0.29) is 7.85 Å². The number of allylic oxidation sites excluding steroid dienone is 2. The summed E-state index contributed by atoms with van der Waals surface area (Å²) >= 11 is 0. The van der Waals surface area contributed by atoms with Gasteiger partial charge in [-0.05, 0) is 29.7 Å². The maximum atomic E-state index is 12.9. The predicted molar refractivity (Wildman–Crippen MR) is 116 cm³/mol. The number of pyridine rings is 1. The van der Waals surface area contributed by atoms with E-state index in [2.05, 4.69) is 21.8 Å². The molecule has 158 valence electrons. The van der Waals surface area contributed by atoms with Crippen LogP contribution in [-0.2, 0) is 6.42 Å². The third kappa shape index (κ3) is 5.37. The van der Waals surface area contributed by atoms with Gasteiger partial charge in [0.05, 0.1) is 11.9 Å². The highest BCUT2D eigenvalue weighted by Crippen LogP contribution is 2.30. The van der Waals surface area contributed by atoms with Gasteiger partial charge >= 0.3 is 6.18 Å². The highest BCUT2D eigenvalue weighted by molar-refractivity contribution is 5.77. The third-order valence-electron chi connectivity index (χ3n) is 4.54. The monoisotopic (exact) mass is 414 g/mol. The molecule has 0 saturated carbocycles. The summed E-state index contributed by atoms with van der Waals surface area (Å²) in [5, 5.41) is 6.59. The van der Waals surface area contributed by atoms with Crippen molar-refractivity contribution in [3.63, 3.8) is 0 Å². The molecular formula is C23H25F3N4. The van der Waals surface area contributed by atoms with Crippen LogP contribution >= 0.6 is 0 Å². The Balaban J connectivity index is 0.00000341. The summed E-state index contributed by atoms with van der Waals surface area (Å²) in [7, 11) is 3.85. The molecule has 0 spiro atoms. The van der Waals surface area contributed by atoms with Gasteiger partial charge in [0, 0.05) is 56.7 Å².